The van der Waals surface area contributed by atoms with Crippen molar-refractivity contribution in [1.29, 1.82) is 0 Å². The second-order valence-corrected chi connectivity index (χ2v) is 11.0. The van der Waals surface area contributed by atoms with E-state index in [0.29, 0.717) is 43.4 Å². The lowest BCUT2D eigenvalue weighted by Crippen LogP contribution is -2.47. The van der Waals surface area contributed by atoms with Gasteiger partial charge in [-0.15, -0.1) is 0 Å². The van der Waals surface area contributed by atoms with Crippen molar-refractivity contribution in [1.82, 2.24) is 15.2 Å². The highest BCUT2D eigenvalue weighted by Gasteiger charge is 2.28. The van der Waals surface area contributed by atoms with E-state index in [1.165, 1.54) is 11.3 Å². The number of rotatable bonds is 7. The van der Waals surface area contributed by atoms with Crippen molar-refractivity contribution in [2.24, 2.45) is 5.92 Å². The number of nitrogens with zero attached hydrogens (tertiary/aromatic N) is 2. The van der Waals surface area contributed by atoms with Gasteiger partial charge >= 0.3 is 6.09 Å². The number of alkyl carbamates (subject to hydrolysis) is 1. The normalized spacial score (nSPS) is 14.4. The topological polar surface area (TPSA) is 101 Å². The Kier molecular flexibility index (Phi) is 8.30. The van der Waals surface area contributed by atoms with Crippen molar-refractivity contribution in [2.75, 3.05) is 11.9 Å². The molecule has 1 aromatic heterocycles. The van der Waals surface area contributed by atoms with Crippen LogP contribution in [0.3, 0.4) is 0 Å². The van der Waals surface area contributed by atoms with Crippen molar-refractivity contribution in [2.45, 2.75) is 72.1 Å². The van der Waals surface area contributed by atoms with Crippen LogP contribution in [0, 0.1) is 5.92 Å². The highest BCUT2D eigenvalue weighted by molar-refractivity contribution is 7.15. The largest absolute Gasteiger partial charge is 0.444 e. The number of thiazole rings is 1. The summed E-state index contributed by atoms with van der Waals surface area (Å²) < 4.78 is 5.35. The number of benzene rings is 1. The van der Waals surface area contributed by atoms with Crippen LogP contribution in [0.1, 0.15) is 57.2 Å². The van der Waals surface area contributed by atoms with Crippen molar-refractivity contribution in [3.63, 3.8) is 0 Å². The Labute approximate surface area is 205 Å². The third-order valence-electron chi connectivity index (χ3n) is 5.19. The molecule has 2 N–H and O–H groups in total. The third kappa shape index (κ3) is 7.55. The second kappa shape index (κ2) is 11.0. The molecule has 34 heavy (non-hydrogen) atoms. The number of aromatic nitrogens is 1. The molecule has 1 aliphatic heterocycles. The lowest BCUT2D eigenvalue weighted by atomic mass is 10.1. The maximum absolute atomic E-state index is 13.1. The molecule has 184 valence electrons. The van der Waals surface area contributed by atoms with Gasteiger partial charge in [-0.1, -0.05) is 55.5 Å². The van der Waals surface area contributed by atoms with Crippen molar-refractivity contribution in [3.8, 4) is 0 Å². The second-order valence-electron chi connectivity index (χ2n) is 9.93. The Morgan fingerprint density at radius 1 is 1.18 bits per heavy atom. The van der Waals surface area contributed by atoms with E-state index in [1.807, 2.05) is 49.1 Å². The molecular weight excluding hydrogens is 452 g/mol. The SMILES string of the molecule is CC(C)CC(=O)N1CCc2nc(NC(=O)C(Cc3ccccc3)NC(=O)OC(C)(C)C)sc2C1. The number of hydrogen-bond donors (Lipinski definition) is 2. The molecule has 1 unspecified atom stereocenters. The fourth-order valence-corrected chi connectivity index (χ4v) is 4.67. The highest BCUT2D eigenvalue weighted by atomic mass is 32.1. The van der Waals surface area contributed by atoms with Crippen LogP contribution in [0.15, 0.2) is 30.3 Å². The van der Waals surface area contributed by atoms with Crippen LogP contribution in [0.4, 0.5) is 9.93 Å². The van der Waals surface area contributed by atoms with E-state index in [0.717, 1.165) is 16.1 Å². The quantitative estimate of drug-likeness (QED) is 0.612. The molecule has 2 heterocycles. The molecule has 8 nitrogen and oxygen atoms in total. The maximum Gasteiger partial charge on any atom is 0.408 e. The third-order valence-corrected chi connectivity index (χ3v) is 6.18. The zero-order valence-corrected chi connectivity index (χ0v) is 21.3. The summed E-state index contributed by atoms with van der Waals surface area (Å²) in [5.41, 5.74) is 1.15. The molecule has 1 aromatic carbocycles. The first kappa shape index (κ1) is 25.7. The summed E-state index contributed by atoms with van der Waals surface area (Å²) in [5.74, 6) is 0.0851. The fourth-order valence-electron chi connectivity index (χ4n) is 3.64. The van der Waals surface area contributed by atoms with E-state index in [2.05, 4.69) is 15.6 Å². The van der Waals surface area contributed by atoms with Gasteiger partial charge in [-0.25, -0.2) is 9.78 Å². The average Bonchev–Trinajstić information content (AvgIpc) is 3.13. The minimum Gasteiger partial charge on any atom is -0.444 e. The Hall–Kier alpha value is -2.94. The molecule has 0 bridgehead atoms. The zero-order valence-electron chi connectivity index (χ0n) is 20.5. The van der Waals surface area contributed by atoms with Crippen molar-refractivity contribution in [3.05, 3.63) is 46.5 Å². The standard InChI is InChI=1S/C25H34N4O4S/c1-16(2)13-21(30)29-12-11-18-20(15-29)34-23(26-18)28-22(31)19(14-17-9-7-6-8-10-17)27-24(32)33-25(3,4)5/h6-10,16,19H,11-15H2,1-5H3,(H,27,32)(H,26,28,31). The molecule has 9 heteroatoms. The van der Waals surface area contributed by atoms with Gasteiger partial charge in [-0.2, -0.15) is 0 Å². The molecule has 1 aliphatic rings. The van der Waals surface area contributed by atoms with Crippen molar-refractivity contribution >= 4 is 34.4 Å². The average molecular weight is 487 g/mol. The summed E-state index contributed by atoms with van der Waals surface area (Å²) in [6, 6.07) is 8.65. The number of carbonyl (C=O) groups excluding carboxylic acids is 3. The van der Waals surface area contributed by atoms with Gasteiger partial charge in [0.1, 0.15) is 11.6 Å². The van der Waals surface area contributed by atoms with Gasteiger partial charge in [-0.05, 0) is 32.3 Å². The molecule has 0 aliphatic carbocycles. The number of hydrogen-bond acceptors (Lipinski definition) is 6. The summed E-state index contributed by atoms with van der Waals surface area (Å²) in [6.07, 6.45) is 0.847. The number of carbonyl (C=O) groups is 3. The van der Waals surface area contributed by atoms with Crippen LogP contribution in [-0.2, 0) is 33.7 Å². The highest BCUT2D eigenvalue weighted by Crippen LogP contribution is 2.29. The van der Waals surface area contributed by atoms with Crippen LogP contribution >= 0.6 is 11.3 Å². The molecule has 0 fully saturated rings. The minimum absolute atomic E-state index is 0.143. The number of anilines is 1. The molecule has 1 atom stereocenters. The predicted octanol–water partition coefficient (Wildman–Crippen LogP) is 4.15. The summed E-state index contributed by atoms with van der Waals surface area (Å²) in [6.45, 7) is 10.5. The van der Waals surface area contributed by atoms with Gasteiger partial charge in [0.2, 0.25) is 11.8 Å². The van der Waals surface area contributed by atoms with Gasteiger partial charge in [0.05, 0.1) is 12.2 Å². The van der Waals surface area contributed by atoms with Crippen LogP contribution in [-0.4, -0.2) is 46.0 Å². The molecule has 0 radical (unpaired) electrons. The number of fused-ring (bicyclic) bond motifs is 1. The fraction of sp³-hybridized carbons (Fsp3) is 0.520. The lowest BCUT2D eigenvalue weighted by molar-refractivity contribution is -0.132. The molecule has 2 aromatic rings. The van der Waals surface area contributed by atoms with Gasteiger partial charge in [-0.3, -0.25) is 9.59 Å². The van der Waals surface area contributed by atoms with Crippen LogP contribution < -0.4 is 10.6 Å². The summed E-state index contributed by atoms with van der Waals surface area (Å²) in [7, 11) is 0. The number of ether oxygens (including phenoxy) is 1. The molecule has 3 rings (SSSR count). The Morgan fingerprint density at radius 3 is 2.53 bits per heavy atom. The van der Waals surface area contributed by atoms with E-state index >= 15 is 0 Å². The van der Waals surface area contributed by atoms with E-state index in [9.17, 15) is 14.4 Å². The first-order valence-electron chi connectivity index (χ1n) is 11.6. The molecule has 0 saturated heterocycles. The number of amides is 3. The summed E-state index contributed by atoms with van der Waals surface area (Å²) >= 11 is 1.38. The predicted molar refractivity (Wildman–Crippen MR) is 133 cm³/mol. The summed E-state index contributed by atoms with van der Waals surface area (Å²) in [4.78, 5) is 45.4. The first-order valence-corrected chi connectivity index (χ1v) is 12.4. The minimum atomic E-state index is -0.831. The first-order chi connectivity index (χ1) is 16.0. The van der Waals surface area contributed by atoms with Gasteiger partial charge < -0.3 is 20.3 Å². The Bertz CT molecular complexity index is 1010. The van der Waals surface area contributed by atoms with Crippen molar-refractivity contribution < 1.29 is 19.1 Å². The van der Waals surface area contributed by atoms with E-state index < -0.39 is 17.7 Å². The van der Waals surface area contributed by atoms with Gasteiger partial charge in [0.15, 0.2) is 5.13 Å². The molecular formula is C25H34N4O4S. The Balaban J connectivity index is 1.69. The zero-order chi connectivity index (χ0) is 24.9. The molecule has 0 saturated carbocycles. The van der Waals surface area contributed by atoms with Gasteiger partial charge in [0.25, 0.3) is 0 Å². The van der Waals surface area contributed by atoms with E-state index in [-0.39, 0.29) is 11.8 Å². The van der Waals surface area contributed by atoms with Crippen LogP contribution in [0.2, 0.25) is 0 Å². The van der Waals surface area contributed by atoms with E-state index in [1.54, 1.807) is 20.8 Å². The number of nitrogens with one attached hydrogen (secondary N) is 2. The van der Waals surface area contributed by atoms with Crippen LogP contribution in [0.25, 0.3) is 0 Å². The maximum atomic E-state index is 13.1. The molecule has 0 spiro atoms. The monoisotopic (exact) mass is 486 g/mol. The lowest BCUT2D eigenvalue weighted by Gasteiger charge is -2.26. The summed E-state index contributed by atoms with van der Waals surface area (Å²) in [5, 5.41) is 6.02. The molecule has 3 amide bonds. The smallest absolute Gasteiger partial charge is 0.408 e. The van der Waals surface area contributed by atoms with E-state index in [4.69, 9.17) is 4.74 Å². The Morgan fingerprint density at radius 2 is 1.88 bits per heavy atom. The van der Waals surface area contributed by atoms with Gasteiger partial charge in [0, 0.05) is 30.7 Å². The van der Waals surface area contributed by atoms with Crippen LogP contribution in [0.5, 0.6) is 0 Å².